The van der Waals surface area contributed by atoms with E-state index in [1.807, 2.05) is 0 Å². The number of nitriles is 1. The van der Waals surface area contributed by atoms with Gasteiger partial charge in [0.25, 0.3) is 0 Å². The number of fused-ring (bicyclic) bond motifs is 1. The van der Waals surface area contributed by atoms with Crippen LogP contribution < -0.4 is 0 Å². The van der Waals surface area contributed by atoms with E-state index in [0.29, 0.717) is 11.5 Å². The summed E-state index contributed by atoms with van der Waals surface area (Å²) >= 11 is 0. The zero-order valence-corrected chi connectivity index (χ0v) is 13.0. The van der Waals surface area contributed by atoms with Gasteiger partial charge < -0.3 is 10.0 Å². The molecule has 20 heavy (non-hydrogen) atoms. The van der Waals surface area contributed by atoms with E-state index < -0.39 is 11.0 Å². The summed E-state index contributed by atoms with van der Waals surface area (Å²) in [4.78, 5) is 2.52. The second-order valence-electron chi connectivity index (χ2n) is 8.18. The van der Waals surface area contributed by atoms with Crippen molar-refractivity contribution in [2.75, 3.05) is 13.1 Å². The maximum Gasteiger partial charge on any atom is 0.0861 e. The van der Waals surface area contributed by atoms with Crippen molar-refractivity contribution < 1.29 is 5.11 Å². The molecule has 0 bridgehead atoms. The Morgan fingerprint density at radius 2 is 1.80 bits per heavy atom. The van der Waals surface area contributed by atoms with Crippen molar-refractivity contribution in [3.8, 4) is 6.07 Å². The fourth-order valence-electron chi connectivity index (χ4n) is 4.71. The number of hydrogen-bond acceptors (Lipinski definition) is 3. The van der Waals surface area contributed by atoms with Gasteiger partial charge in [0.05, 0.1) is 17.1 Å². The van der Waals surface area contributed by atoms with Gasteiger partial charge in [-0.05, 0) is 63.3 Å². The molecule has 0 aromatic carbocycles. The van der Waals surface area contributed by atoms with E-state index in [2.05, 4.69) is 24.8 Å². The van der Waals surface area contributed by atoms with Crippen LogP contribution in [-0.2, 0) is 0 Å². The molecule has 3 aliphatic rings. The predicted molar refractivity (Wildman–Crippen MR) is 79.1 cm³/mol. The topological polar surface area (TPSA) is 47.3 Å². The summed E-state index contributed by atoms with van der Waals surface area (Å²) in [6.45, 7) is 6.75. The maximum absolute atomic E-state index is 11.3. The van der Waals surface area contributed by atoms with Crippen molar-refractivity contribution in [2.24, 2.45) is 10.8 Å². The van der Waals surface area contributed by atoms with Crippen LogP contribution in [0.4, 0.5) is 0 Å². The molecule has 2 atom stereocenters. The summed E-state index contributed by atoms with van der Waals surface area (Å²) in [5.41, 5.74) is -0.897. The van der Waals surface area contributed by atoms with Crippen molar-refractivity contribution in [1.29, 1.82) is 5.26 Å². The monoisotopic (exact) mass is 276 g/mol. The van der Waals surface area contributed by atoms with Crippen LogP contribution in [0.3, 0.4) is 0 Å². The molecule has 112 valence electrons. The number of hydrogen-bond donors (Lipinski definition) is 1. The maximum atomic E-state index is 11.3. The largest absolute Gasteiger partial charge is 0.388 e. The molecule has 3 rings (SSSR count). The predicted octanol–water partition coefficient (Wildman–Crippen LogP) is 3.09. The number of piperidine rings is 1. The minimum absolute atomic E-state index is 0.338. The minimum Gasteiger partial charge on any atom is -0.388 e. The lowest BCUT2D eigenvalue weighted by Gasteiger charge is -2.52. The summed E-state index contributed by atoms with van der Waals surface area (Å²) < 4.78 is 0. The van der Waals surface area contributed by atoms with Crippen LogP contribution in [0.25, 0.3) is 0 Å². The SMILES string of the molecule is CC1(C)CCC(C#N)(C2(O)CCN3CCCC3C2)CC1. The van der Waals surface area contributed by atoms with Crippen LogP contribution in [-0.4, -0.2) is 34.7 Å². The molecular formula is C17H28N2O. The summed E-state index contributed by atoms with van der Waals surface area (Å²) in [7, 11) is 0. The van der Waals surface area contributed by atoms with Crippen molar-refractivity contribution >= 4 is 0 Å². The fourth-order valence-corrected chi connectivity index (χ4v) is 4.71. The molecule has 1 saturated carbocycles. The van der Waals surface area contributed by atoms with Crippen LogP contribution in [0, 0.1) is 22.2 Å². The highest BCUT2D eigenvalue weighted by atomic mass is 16.3. The Balaban J connectivity index is 1.80. The molecular weight excluding hydrogens is 248 g/mol. The lowest BCUT2D eigenvalue weighted by molar-refractivity contribution is -0.128. The Hall–Kier alpha value is -0.590. The van der Waals surface area contributed by atoms with Gasteiger partial charge in [-0.1, -0.05) is 13.8 Å². The van der Waals surface area contributed by atoms with Crippen molar-refractivity contribution in [1.82, 2.24) is 4.90 Å². The molecule has 2 heterocycles. The zero-order chi connectivity index (χ0) is 14.4. The van der Waals surface area contributed by atoms with Crippen molar-refractivity contribution in [3.05, 3.63) is 0 Å². The highest BCUT2D eigenvalue weighted by Crippen LogP contribution is 2.54. The first-order valence-corrected chi connectivity index (χ1v) is 8.28. The highest BCUT2D eigenvalue weighted by Gasteiger charge is 2.56. The standard InChI is InChI=1S/C17H28N2O/c1-15(2)5-7-16(13-18,8-6-15)17(20)9-11-19-10-3-4-14(19)12-17/h14,20H,3-12H2,1-2H3. The van der Waals surface area contributed by atoms with Crippen LogP contribution in [0.1, 0.15) is 65.2 Å². The van der Waals surface area contributed by atoms with E-state index in [1.165, 1.54) is 19.4 Å². The molecule has 2 unspecified atom stereocenters. The molecule has 2 aliphatic heterocycles. The van der Waals surface area contributed by atoms with Gasteiger partial charge in [0.2, 0.25) is 0 Å². The molecule has 1 N–H and O–H groups in total. The van der Waals surface area contributed by atoms with Gasteiger partial charge in [-0.15, -0.1) is 0 Å². The van der Waals surface area contributed by atoms with Crippen molar-refractivity contribution in [3.63, 3.8) is 0 Å². The van der Waals surface area contributed by atoms with E-state index in [0.717, 1.165) is 45.1 Å². The van der Waals surface area contributed by atoms with Gasteiger partial charge in [0, 0.05) is 12.6 Å². The molecule has 3 heteroatoms. The second kappa shape index (κ2) is 4.71. The van der Waals surface area contributed by atoms with E-state index in [9.17, 15) is 10.4 Å². The first kappa shape index (κ1) is 14.4. The highest BCUT2D eigenvalue weighted by molar-refractivity contribution is 5.16. The molecule has 3 fully saturated rings. The number of aliphatic hydroxyl groups is 1. The fraction of sp³-hybridized carbons (Fsp3) is 0.941. The molecule has 0 aromatic rings. The number of nitrogens with zero attached hydrogens (tertiary/aromatic N) is 2. The summed E-state index contributed by atoms with van der Waals surface area (Å²) in [5, 5.41) is 21.2. The lowest BCUT2D eigenvalue weighted by atomic mass is 9.56. The van der Waals surface area contributed by atoms with E-state index in [-0.39, 0.29) is 0 Å². The Kier molecular flexibility index (Phi) is 3.38. The average Bonchev–Trinajstić information content (AvgIpc) is 2.86. The Morgan fingerprint density at radius 3 is 2.45 bits per heavy atom. The molecule has 0 radical (unpaired) electrons. The zero-order valence-electron chi connectivity index (χ0n) is 13.0. The Labute approximate surface area is 123 Å². The lowest BCUT2D eigenvalue weighted by Crippen LogP contribution is -2.58. The second-order valence-corrected chi connectivity index (χ2v) is 8.18. The summed E-state index contributed by atoms with van der Waals surface area (Å²) in [6, 6.07) is 3.10. The molecule has 0 amide bonds. The molecule has 0 spiro atoms. The van der Waals surface area contributed by atoms with Crippen LogP contribution in [0.5, 0.6) is 0 Å². The third-order valence-corrected chi connectivity index (χ3v) is 6.45. The number of rotatable bonds is 1. The third kappa shape index (κ3) is 2.18. The smallest absolute Gasteiger partial charge is 0.0861 e. The van der Waals surface area contributed by atoms with Gasteiger partial charge in [-0.3, -0.25) is 0 Å². The normalized spacial score (nSPS) is 40.0. The van der Waals surface area contributed by atoms with E-state index in [4.69, 9.17) is 0 Å². The third-order valence-electron chi connectivity index (χ3n) is 6.45. The van der Waals surface area contributed by atoms with E-state index in [1.54, 1.807) is 0 Å². The molecule has 0 aromatic heterocycles. The van der Waals surface area contributed by atoms with Gasteiger partial charge in [-0.2, -0.15) is 5.26 Å². The first-order valence-electron chi connectivity index (χ1n) is 8.28. The Bertz CT molecular complexity index is 415. The quantitative estimate of drug-likeness (QED) is 0.800. The molecule has 2 saturated heterocycles. The Morgan fingerprint density at radius 1 is 1.10 bits per heavy atom. The van der Waals surface area contributed by atoms with E-state index >= 15 is 0 Å². The van der Waals surface area contributed by atoms with Crippen LogP contribution in [0.15, 0.2) is 0 Å². The molecule has 1 aliphatic carbocycles. The first-order chi connectivity index (χ1) is 9.40. The van der Waals surface area contributed by atoms with Crippen LogP contribution >= 0.6 is 0 Å². The van der Waals surface area contributed by atoms with Gasteiger partial charge in [0.15, 0.2) is 0 Å². The van der Waals surface area contributed by atoms with Crippen LogP contribution in [0.2, 0.25) is 0 Å². The van der Waals surface area contributed by atoms with Gasteiger partial charge >= 0.3 is 0 Å². The van der Waals surface area contributed by atoms with Gasteiger partial charge in [0.1, 0.15) is 0 Å². The minimum atomic E-state index is -0.746. The summed E-state index contributed by atoms with van der Waals surface area (Å²) in [5.74, 6) is 0. The van der Waals surface area contributed by atoms with Gasteiger partial charge in [-0.25, -0.2) is 0 Å². The molecule has 3 nitrogen and oxygen atoms in total. The van der Waals surface area contributed by atoms with Crippen molar-refractivity contribution in [2.45, 2.75) is 76.9 Å². The average molecular weight is 276 g/mol. The summed E-state index contributed by atoms with van der Waals surface area (Å²) in [6.07, 6.45) is 7.95.